The standard InChI is InChI=1S/C10H11N3/c1-4-13(5-1)9-3-2-8-7-11-12-10(8)6-9/h2-3,6-7H,1,4-5H2,(H,11,12). The number of aromatic nitrogens is 2. The SMILES string of the molecule is c1cc2cn[nH]c2cc1N1CCC1. The third-order valence-corrected chi connectivity index (χ3v) is 2.65. The second-order valence-electron chi connectivity index (χ2n) is 3.48. The van der Waals surface area contributed by atoms with Crippen LogP contribution in [0, 0.1) is 0 Å². The molecule has 0 aliphatic carbocycles. The summed E-state index contributed by atoms with van der Waals surface area (Å²) in [5.41, 5.74) is 2.44. The Kier molecular flexibility index (Phi) is 1.33. The summed E-state index contributed by atoms with van der Waals surface area (Å²) in [6.07, 6.45) is 3.18. The topological polar surface area (TPSA) is 31.9 Å². The van der Waals surface area contributed by atoms with Gasteiger partial charge in [-0.25, -0.2) is 0 Å². The Morgan fingerprint density at radius 3 is 3.00 bits per heavy atom. The highest BCUT2D eigenvalue weighted by Crippen LogP contribution is 2.23. The van der Waals surface area contributed by atoms with Crippen LogP contribution in [-0.4, -0.2) is 23.3 Å². The lowest BCUT2D eigenvalue weighted by Crippen LogP contribution is -2.36. The van der Waals surface area contributed by atoms with Crippen LogP contribution in [0.25, 0.3) is 10.9 Å². The van der Waals surface area contributed by atoms with E-state index in [2.05, 4.69) is 33.3 Å². The summed E-state index contributed by atoms with van der Waals surface area (Å²) in [4.78, 5) is 2.38. The summed E-state index contributed by atoms with van der Waals surface area (Å²) in [6.45, 7) is 2.39. The van der Waals surface area contributed by atoms with Crippen LogP contribution in [0.2, 0.25) is 0 Å². The highest BCUT2D eigenvalue weighted by molar-refractivity contribution is 5.81. The molecule has 1 aliphatic rings. The molecular formula is C10H11N3. The molecule has 2 heterocycles. The number of hydrogen-bond acceptors (Lipinski definition) is 2. The average molecular weight is 173 g/mol. The molecule has 0 saturated carbocycles. The zero-order chi connectivity index (χ0) is 8.67. The predicted octanol–water partition coefficient (Wildman–Crippen LogP) is 1.77. The van der Waals surface area contributed by atoms with E-state index in [4.69, 9.17) is 0 Å². The molecule has 13 heavy (non-hydrogen) atoms. The number of aromatic amines is 1. The van der Waals surface area contributed by atoms with Crippen LogP contribution in [0.3, 0.4) is 0 Å². The fourth-order valence-corrected chi connectivity index (χ4v) is 1.70. The number of nitrogens with zero attached hydrogens (tertiary/aromatic N) is 2. The lowest BCUT2D eigenvalue weighted by molar-refractivity contribution is 0.618. The summed E-state index contributed by atoms with van der Waals surface area (Å²) in [5, 5.41) is 8.17. The number of fused-ring (bicyclic) bond motifs is 1. The second kappa shape index (κ2) is 2.49. The molecule has 0 atom stereocenters. The van der Waals surface area contributed by atoms with Crippen molar-refractivity contribution in [1.29, 1.82) is 0 Å². The number of hydrogen-bond donors (Lipinski definition) is 1. The highest BCUT2D eigenvalue weighted by atomic mass is 15.2. The van der Waals surface area contributed by atoms with E-state index in [1.165, 1.54) is 30.6 Å². The summed E-state index contributed by atoms with van der Waals surface area (Å²) in [6, 6.07) is 6.45. The Hall–Kier alpha value is -1.51. The Bertz CT molecular complexity index is 428. The Labute approximate surface area is 76.4 Å². The zero-order valence-electron chi connectivity index (χ0n) is 7.33. The van der Waals surface area contributed by atoms with Crippen molar-refractivity contribution in [3.05, 3.63) is 24.4 Å². The van der Waals surface area contributed by atoms with E-state index < -0.39 is 0 Å². The molecule has 1 fully saturated rings. The molecule has 1 saturated heterocycles. The first-order valence-corrected chi connectivity index (χ1v) is 4.61. The number of rotatable bonds is 1. The van der Waals surface area contributed by atoms with Gasteiger partial charge >= 0.3 is 0 Å². The molecule has 1 N–H and O–H groups in total. The van der Waals surface area contributed by atoms with E-state index in [0.717, 1.165) is 5.52 Å². The fourth-order valence-electron chi connectivity index (χ4n) is 1.70. The molecule has 1 aromatic carbocycles. The van der Waals surface area contributed by atoms with Gasteiger partial charge in [0.25, 0.3) is 0 Å². The Morgan fingerprint density at radius 1 is 1.31 bits per heavy atom. The van der Waals surface area contributed by atoms with Crippen LogP contribution in [-0.2, 0) is 0 Å². The molecule has 66 valence electrons. The Morgan fingerprint density at radius 2 is 2.23 bits per heavy atom. The van der Waals surface area contributed by atoms with Gasteiger partial charge in [0, 0.05) is 24.2 Å². The van der Waals surface area contributed by atoms with Gasteiger partial charge in [-0.15, -0.1) is 0 Å². The third-order valence-electron chi connectivity index (χ3n) is 2.65. The van der Waals surface area contributed by atoms with Gasteiger partial charge in [-0.2, -0.15) is 5.10 Å². The summed E-state index contributed by atoms with van der Waals surface area (Å²) in [5.74, 6) is 0. The van der Waals surface area contributed by atoms with Crippen molar-refractivity contribution >= 4 is 16.6 Å². The molecular weight excluding hydrogens is 162 g/mol. The van der Waals surface area contributed by atoms with Gasteiger partial charge in [-0.1, -0.05) is 0 Å². The van der Waals surface area contributed by atoms with E-state index in [0.29, 0.717) is 0 Å². The minimum Gasteiger partial charge on any atom is -0.371 e. The van der Waals surface area contributed by atoms with Crippen molar-refractivity contribution < 1.29 is 0 Å². The van der Waals surface area contributed by atoms with Gasteiger partial charge in [-0.05, 0) is 24.6 Å². The van der Waals surface area contributed by atoms with Crippen LogP contribution in [0.5, 0.6) is 0 Å². The first kappa shape index (κ1) is 6.95. The van der Waals surface area contributed by atoms with E-state index in [1.807, 2.05) is 6.20 Å². The first-order valence-electron chi connectivity index (χ1n) is 4.61. The molecule has 3 rings (SSSR count). The maximum Gasteiger partial charge on any atom is 0.0670 e. The van der Waals surface area contributed by atoms with Crippen molar-refractivity contribution in [2.75, 3.05) is 18.0 Å². The van der Waals surface area contributed by atoms with Crippen LogP contribution < -0.4 is 4.90 Å². The average Bonchev–Trinajstić information content (AvgIpc) is 2.47. The summed E-state index contributed by atoms with van der Waals surface area (Å²) < 4.78 is 0. The van der Waals surface area contributed by atoms with Gasteiger partial charge < -0.3 is 4.90 Å². The van der Waals surface area contributed by atoms with Crippen molar-refractivity contribution in [2.24, 2.45) is 0 Å². The normalized spacial score (nSPS) is 16.2. The largest absolute Gasteiger partial charge is 0.371 e. The third kappa shape index (κ3) is 1.00. The molecule has 1 aromatic heterocycles. The van der Waals surface area contributed by atoms with Crippen molar-refractivity contribution in [2.45, 2.75) is 6.42 Å². The van der Waals surface area contributed by atoms with Gasteiger partial charge in [-0.3, -0.25) is 5.10 Å². The molecule has 3 heteroatoms. The van der Waals surface area contributed by atoms with Crippen molar-refractivity contribution in [3.63, 3.8) is 0 Å². The molecule has 0 bridgehead atoms. The highest BCUT2D eigenvalue weighted by Gasteiger charge is 2.14. The van der Waals surface area contributed by atoms with Gasteiger partial charge in [0.05, 0.1) is 11.7 Å². The minimum absolute atomic E-state index is 1.13. The van der Waals surface area contributed by atoms with Crippen LogP contribution in [0.15, 0.2) is 24.4 Å². The maximum atomic E-state index is 4.00. The maximum absolute atomic E-state index is 4.00. The quantitative estimate of drug-likeness (QED) is 0.712. The van der Waals surface area contributed by atoms with Crippen LogP contribution in [0.4, 0.5) is 5.69 Å². The molecule has 0 amide bonds. The predicted molar refractivity (Wildman–Crippen MR) is 52.9 cm³/mol. The molecule has 0 unspecified atom stereocenters. The van der Waals surface area contributed by atoms with E-state index in [9.17, 15) is 0 Å². The monoisotopic (exact) mass is 173 g/mol. The first-order chi connectivity index (χ1) is 6.43. The van der Waals surface area contributed by atoms with Gasteiger partial charge in [0.15, 0.2) is 0 Å². The van der Waals surface area contributed by atoms with Crippen molar-refractivity contribution in [1.82, 2.24) is 10.2 Å². The van der Waals surface area contributed by atoms with Crippen LogP contribution >= 0.6 is 0 Å². The summed E-state index contributed by atoms with van der Waals surface area (Å²) >= 11 is 0. The van der Waals surface area contributed by atoms with Gasteiger partial charge in [0.2, 0.25) is 0 Å². The molecule has 2 aromatic rings. The van der Waals surface area contributed by atoms with Crippen molar-refractivity contribution in [3.8, 4) is 0 Å². The lowest BCUT2D eigenvalue weighted by Gasteiger charge is -2.33. The van der Waals surface area contributed by atoms with E-state index in [1.54, 1.807) is 0 Å². The second-order valence-corrected chi connectivity index (χ2v) is 3.48. The number of nitrogens with one attached hydrogen (secondary N) is 1. The number of H-pyrrole nitrogens is 1. The smallest absolute Gasteiger partial charge is 0.0670 e. The van der Waals surface area contributed by atoms with E-state index >= 15 is 0 Å². The van der Waals surface area contributed by atoms with Gasteiger partial charge in [0.1, 0.15) is 0 Å². The molecule has 1 aliphatic heterocycles. The minimum atomic E-state index is 1.13. The number of benzene rings is 1. The number of anilines is 1. The molecule has 3 nitrogen and oxygen atoms in total. The molecule has 0 radical (unpaired) electrons. The van der Waals surface area contributed by atoms with Crippen LogP contribution in [0.1, 0.15) is 6.42 Å². The molecule has 0 spiro atoms. The fraction of sp³-hybridized carbons (Fsp3) is 0.300. The zero-order valence-corrected chi connectivity index (χ0v) is 7.33. The summed E-state index contributed by atoms with van der Waals surface area (Å²) in [7, 11) is 0. The lowest BCUT2D eigenvalue weighted by atomic mass is 10.1. The van der Waals surface area contributed by atoms with E-state index in [-0.39, 0.29) is 0 Å². The Balaban J connectivity index is 2.09.